The van der Waals surface area contributed by atoms with Gasteiger partial charge in [-0.05, 0) is 37.0 Å². The maximum atomic E-state index is 11.9. The van der Waals surface area contributed by atoms with Gasteiger partial charge in [0.1, 0.15) is 5.41 Å². The van der Waals surface area contributed by atoms with Gasteiger partial charge in [0.05, 0.1) is 17.7 Å². The Morgan fingerprint density at radius 2 is 2.17 bits per heavy atom. The zero-order chi connectivity index (χ0) is 13.0. The van der Waals surface area contributed by atoms with Crippen molar-refractivity contribution in [3.05, 3.63) is 35.4 Å². The third-order valence-corrected chi connectivity index (χ3v) is 3.36. The van der Waals surface area contributed by atoms with E-state index in [4.69, 9.17) is 10.5 Å². The average molecular weight is 239 g/mol. The van der Waals surface area contributed by atoms with Crippen LogP contribution in [0.15, 0.2) is 24.3 Å². The topological polar surface area (TPSA) is 76.7 Å². The van der Waals surface area contributed by atoms with E-state index < -0.39 is 5.41 Å². The van der Waals surface area contributed by atoms with Gasteiger partial charge >= 0.3 is 0 Å². The number of nitriles is 2. The third kappa shape index (κ3) is 2.19. The highest BCUT2D eigenvalue weighted by Gasteiger charge is 2.44. The molecule has 0 aromatic heterocycles. The van der Waals surface area contributed by atoms with E-state index >= 15 is 0 Å². The molecule has 4 heteroatoms. The minimum atomic E-state index is -0.813. The Morgan fingerprint density at radius 1 is 1.39 bits per heavy atom. The standard InChI is InChI=1S/C14H13N3O/c15-8-11-3-1-4-12(7-11)9-17-13(18)14(10-16)5-2-6-14/h1,3-4,7H,2,5-6,9H2,(H,17,18). The first-order chi connectivity index (χ1) is 8.70. The largest absolute Gasteiger partial charge is 0.351 e. The summed E-state index contributed by atoms with van der Waals surface area (Å²) >= 11 is 0. The number of nitrogens with zero attached hydrogens (tertiary/aromatic N) is 2. The molecule has 0 heterocycles. The van der Waals surface area contributed by atoms with Crippen LogP contribution in [0.5, 0.6) is 0 Å². The summed E-state index contributed by atoms with van der Waals surface area (Å²) in [6.45, 7) is 0.359. The third-order valence-electron chi connectivity index (χ3n) is 3.36. The molecule has 1 aliphatic rings. The van der Waals surface area contributed by atoms with Crippen LogP contribution in [0.2, 0.25) is 0 Å². The molecule has 2 rings (SSSR count). The lowest BCUT2D eigenvalue weighted by Crippen LogP contribution is -2.44. The lowest BCUT2D eigenvalue weighted by atomic mass is 9.69. The van der Waals surface area contributed by atoms with Gasteiger partial charge in [-0.15, -0.1) is 0 Å². The van der Waals surface area contributed by atoms with Gasteiger partial charge in [-0.1, -0.05) is 12.1 Å². The van der Waals surface area contributed by atoms with Gasteiger partial charge in [0.2, 0.25) is 5.91 Å². The van der Waals surface area contributed by atoms with Crippen molar-refractivity contribution in [3.8, 4) is 12.1 Å². The van der Waals surface area contributed by atoms with Crippen molar-refractivity contribution in [3.63, 3.8) is 0 Å². The lowest BCUT2D eigenvalue weighted by molar-refractivity contribution is -0.131. The summed E-state index contributed by atoms with van der Waals surface area (Å²) in [5.74, 6) is -0.196. The number of hydrogen-bond acceptors (Lipinski definition) is 3. The first-order valence-corrected chi connectivity index (χ1v) is 5.89. The molecule has 0 bridgehead atoms. The molecule has 1 saturated carbocycles. The maximum absolute atomic E-state index is 11.9. The number of carbonyl (C=O) groups excluding carboxylic acids is 1. The van der Waals surface area contributed by atoms with Gasteiger partial charge in [0.25, 0.3) is 0 Å². The van der Waals surface area contributed by atoms with Gasteiger partial charge in [-0.3, -0.25) is 4.79 Å². The van der Waals surface area contributed by atoms with Gasteiger partial charge < -0.3 is 5.32 Å². The summed E-state index contributed by atoms with van der Waals surface area (Å²) in [6, 6.07) is 11.2. The second-order valence-corrected chi connectivity index (χ2v) is 4.54. The minimum Gasteiger partial charge on any atom is -0.351 e. The van der Waals surface area contributed by atoms with E-state index in [2.05, 4.69) is 17.5 Å². The first-order valence-electron chi connectivity index (χ1n) is 5.89. The maximum Gasteiger partial charge on any atom is 0.240 e. The smallest absolute Gasteiger partial charge is 0.240 e. The fourth-order valence-electron chi connectivity index (χ4n) is 2.02. The van der Waals surface area contributed by atoms with Crippen molar-refractivity contribution < 1.29 is 4.79 Å². The number of carbonyl (C=O) groups is 1. The molecule has 1 N–H and O–H groups in total. The fraction of sp³-hybridized carbons (Fsp3) is 0.357. The highest BCUT2D eigenvalue weighted by molar-refractivity contribution is 5.86. The SMILES string of the molecule is N#Cc1cccc(CNC(=O)C2(C#N)CCC2)c1. The Labute approximate surface area is 106 Å². The van der Waals surface area contributed by atoms with Gasteiger partial charge in [-0.25, -0.2) is 0 Å². The number of rotatable bonds is 3. The molecular weight excluding hydrogens is 226 g/mol. The van der Waals surface area contributed by atoms with E-state index in [1.807, 2.05) is 6.07 Å². The highest BCUT2D eigenvalue weighted by atomic mass is 16.2. The van der Waals surface area contributed by atoms with Crippen LogP contribution in [0.3, 0.4) is 0 Å². The van der Waals surface area contributed by atoms with E-state index in [0.717, 1.165) is 12.0 Å². The van der Waals surface area contributed by atoms with E-state index in [1.54, 1.807) is 18.2 Å². The van der Waals surface area contributed by atoms with E-state index in [1.165, 1.54) is 0 Å². The molecule has 0 atom stereocenters. The predicted molar refractivity (Wildman–Crippen MR) is 64.9 cm³/mol. The Bertz CT molecular complexity index is 547. The van der Waals surface area contributed by atoms with Gasteiger partial charge in [0.15, 0.2) is 0 Å². The summed E-state index contributed by atoms with van der Waals surface area (Å²) in [6.07, 6.45) is 2.23. The Kier molecular flexibility index (Phi) is 3.30. The van der Waals surface area contributed by atoms with Crippen molar-refractivity contribution in [1.82, 2.24) is 5.32 Å². The molecular formula is C14H13N3O. The molecule has 0 spiro atoms. The summed E-state index contributed by atoms with van der Waals surface area (Å²) < 4.78 is 0. The predicted octanol–water partition coefficient (Wildman–Crippen LogP) is 1.87. The van der Waals surface area contributed by atoms with E-state index in [9.17, 15) is 4.79 Å². The number of nitrogens with one attached hydrogen (secondary N) is 1. The zero-order valence-electron chi connectivity index (χ0n) is 9.94. The minimum absolute atomic E-state index is 0.196. The van der Waals surface area contributed by atoms with Crippen LogP contribution in [0.1, 0.15) is 30.4 Å². The molecule has 1 aromatic carbocycles. The zero-order valence-corrected chi connectivity index (χ0v) is 9.94. The van der Waals surface area contributed by atoms with Crippen molar-refractivity contribution in [2.75, 3.05) is 0 Å². The van der Waals surface area contributed by atoms with Crippen LogP contribution in [0.4, 0.5) is 0 Å². The van der Waals surface area contributed by atoms with Crippen LogP contribution in [-0.4, -0.2) is 5.91 Å². The quantitative estimate of drug-likeness (QED) is 0.874. The lowest BCUT2D eigenvalue weighted by Gasteiger charge is -2.33. The molecule has 0 aliphatic heterocycles. The van der Waals surface area contributed by atoms with Crippen LogP contribution >= 0.6 is 0 Å². The number of hydrogen-bond donors (Lipinski definition) is 1. The monoisotopic (exact) mass is 239 g/mol. The molecule has 1 aliphatic carbocycles. The van der Waals surface area contributed by atoms with Crippen LogP contribution < -0.4 is 5.32 Å². The molecule has 4 nitrogen and oxygen atoms in total. The average Bonchev–Trinajstić information content (AvgIpc) is 2.36. The van der Waals surface area contributed by atoms with Crippen LogP contribution in [0.25, 0.3) is 0 Å². The van der Waals surface area contributed by atoms with Gasteiger partial charge in [-0.2, -0.15) is 10.5 Å². The summed E-state index contributed by atoms with van der Waals surface area (Å²) in [7, 11) is 0. The van der Waals surface area contributed by atoms with Crippen molar-refractivity contribution in [1.29, 1.82) is 10.5 Å². The molecule has 1 fully saturated rings. The highest BCUT2D eigenvalue weighted by Crippen LogP contribution is 2.40. The Hall–Kier alpha value is -2.33. The van der Waals surface area contributed by atoms with E-state index in [0.29, 0.717) is 24.9 Å². The van der Waals surface area contributed by atoms with Crippen LogP contribution in [0, 0.1) is 28.1 Å². The van der Waals surface area contributed by atoms with Gasteiger partial charge in [0, 0.05) is 6.54 Å². The molecule has 90 valence electrons. The Morgan fingerprint density at radius 3 is 2.72 bits per heavy atom. The van der Waals surface area contributed by atoms with E-state index in [-0.39, 0.29) is 5.91 Å². The second kappa shape index (κ2) is 4.89. The second-order valence-electron chi connectivity index (χ2n) is 4.54. The number of benzene rings is 1. The molecule has 1 aromatic rings. The van der Waals surface area contributed by atoms with Crippen molar-refractivity contribution >= 4 is 5.91 Å². The fourth-order valence-corrected chi connectivity index (χ4v) is 2.02. The molecule has 1 amide bonds. The van der Waals surface area contributed by atoms with Crippen molar-refractivity contribution in [2.24, 2.45) is 5.41 Å². The Balaban J connectivity index is 1.98. The molecule has 0 unspecified atom stereocenters. The molecule has 0 saturated heterocycles. The molecule has 18 heavy (non-hydrogen) atoms. The summed E-state index contributed by atoms with van der Waals surface area (Å²) in [5, 5.41) is 20.6. The van der Waals surface area contributed by atoms with Crippen LogP contribution in [-0.2, 0) is 11.3 Å². The normalized spacial score (nSPS) is 15.9. The molecule has 0 radical (unpaired) electrons. The number of amides is 1. The van der Waals surface area contributed by atoms with Crippen molar-refractivity contribution in [2.45, 2.75) is 25.8 Å². The summed E-state index contributed by atoms with van der Waals surface area (Å²) in [5.41, 5.74) is 0.627. The first kappa shape index (κ1) is 12.1. The summed E-state index contributed by atoms with van der Waals surface area (Å²) in [4.78, 5) is 11.9.